The Bertz CT molecular complexity index is 572. The lowest BCUT2D eigenvalue weighted by Crippen LogP contribution is -2.46. The van der Waals surface area contributed by atoms with E-state index in [9.17, 15) is 14.7 Å². The van der Waals surface area contributed by atoms with Gasteiger partial charge < -0.3 is 10.4 Å². The van der Waals surface area contributed by atoms with E-state index in [1.165, 1.54) is 0 Å². The molecule has 4 nitrogen and oxygen atoms in total. The average molecular weight is 280 g/mol. The maximum absolute atomic E-state index is 12.2. The van der Waals surface area contributed by atoms with E-state index >= 15 is 0 Å². The van der Waals surface area contributed by atoms with E-state index in [4.69, 9.17) is 11.6 Å². The number of ketones is 1. The zero-order valence-corrected chi connectivity index (χ0v) is 11.0. The number of benzene rings is 1. The summed E-state index contributed by atoms with van der Waals surface area (Å²) < 4.78 is 0. The van der Waals surface area contributed by atoms with Crippen molar-refractivity contribution in [2.75, 3.05) is 5.32 Å². The van der Waals surface area contributed by atoms with Crippen LogP contribution in [0.4, 0.5) is 5.69 Å². The molecule has 0 saturated heterocycles. The van der Waals surface area contributed by atoms with Crippen LogP contribution in [0.2, 0.25) is 5.02 Å². The second-order valence-electron chi connectivity index (χ2n) is 5.15. The Labute approximate surface area is 115 Å². The first kappa shape index (κ1) is 12.6. The predicted octanol–water partition coefficient (Wildman–Crippen LogP) is 2.24. The fraction of sp³-hybridized carbons (Fsp3) is 0.429. The molecule has 1 amide bonds. The van der Waals surface area contributed by atoms with Gasteiger partial charge in [0.2, 0.25) is 0 Å². The molecule has 0 bridgehead atoms. The van der Waals surface area contributed by atoms with Crippen molar-refractivity contribution in [2.45, 2.75) is 31.3 Å². The number of aliphatic hydroxyl groups is 1. The molecule has 1 aliphatic carbocycles. The van der Waals surface area contributed by atoms with Crippen molar-refractivity contribution in [1.29, 1.82) is 0 Å². The number of Topliss-reactive ketones (excluding diaryl/α,β-unsaturated/α-hetero) is 1. The van der Waals surface area contributed by atoms with Crippen LogP contribution in [0.3, 0.4) is 0 Å². The molecule has 0 aromatic heterocycles. The van der Waals surface area contributed by atoms with Gasteiger partial charge in [-0.3, -0.25) is 9.59 Å². The van der Waals surface area contributed by atoms with E-state index in [0.29, 0.717) is 29.1 Å². The summed E-state index contributed by atoms with van der Waals surface area (Å²) in [4.78, 5) is 24.2. The molecule has 19 heavy (non-hydrogen) atoms. The molecule has 1 heterocycles. The average Bonchev–Trinajstić information content (AvgIpc) is 2.65. The van der Waals surface area contributed by atoms with Gasteiger partial charge in [-0.05, 0) is 18.9 Å². The molecule has 1 fully saturated rings. The van der Waals surface area contributed by atoms with Crippen molar-refractivity contribution in [3.8, 4) is 0 Å². The number of carbonyl (C=O) groups excluding carboxylic acids is 2. The number of hydrogen-bond donors (Lipinski definition) is 2. The molecule has 1 aliphatic heterocycles. The van der Waals surface area contributed by atoms with E-state index < -0.39 is 17.4 Å². The monoisotopic (exact) mass is 279 g/mol. The molecular formula is C14H14ClNO3. The van der Waals surface area contributed by atoms with Crippen molar-refractivity contribution < 1.29 is 14.7 Å². The van der Waals surface area contributed by atoms with Gasteiger partial charge in [-0.15, -0.1) is 0 Å². The third kappa shape index (κ3) is 1.70. The Morgan fingerprint density at radius 2 is 2.11 bits per heavy atom. The SMILES string of the molecule is O=C1CCCC[C@@H]1[C@@]1(O)C(=O)Nc2c(Cl)cccc21. The van der Waals surface area contributed by atoms with Crippen LogP contribution in [0.25, 0.3) is 0 Å². The minimum Gasteiger partial charge on any atom is -0.375 e. The number of hydrogen-bond acceptors (Lipinski definition) is 3. The Kier molecular flexibility index (Phi) is 2.87. The van der Waals surface area contributed by atoms with Crippen LogP contribution >= 0.6 is 11.6 Å². The van der Waals surface area contributed by atoms with Crippen LogP contribution in [-0.2, 0) is 15.2 Å². The topological polar surface area (TPSA) is 66.4 Å². The molecular weight excluding hydrogens is 266 g/mol. The van der Waals surface area contributed by atoms with Crippen LogP contribution in [0.15, 0.2) is 18.2 Å². The normalized spacial score (nSPS) is 30.1. The van der Waals surface area contributed by atoms with Gasteiger partial charge in [0.15, 0.2) is 5.60 Å². The van der Waals surface area contributed by atoms with Crippen LogP contribution in [0.1, 0.15) is 31.2 Å². The Morgan fingerprint density at radius 1 is 1.32 bits per heavy atom. The number of anilines is 1. The van der Waals surface area contributed by atoms with E-state index in [-0.39, 0.29) is 5.78 Å². The van der Waals surface area contributed by atoms with Crippen molar-refractivity contribution in [3.05, 3.63) is 28.8 Å². The summed E-state index contributed by atoms with van der Waals surface area (Å²) >= 11 is 6.03. The van der Waals surface area contributed by atoms with Gasteiger partial charge >= 0.3 is 0 Å². The summed E-state index contributed by atoms with van der Waals surface area (Å²) in [6, 6.07) is 4.98. The summed E-state index contributed by atoms with van der Waals surface area (Å²) in [5.41, 5.74) is -0.919. The third-order valence-corrected chi connectivity index (χ3v) is 4.38. The van der Waals surface area contributed by atoms with Gasteiger partial charge in [-0.1, -0.05) is 30.2 Å². The minimum atomic E-state index is -1.77. The number of halogens is 1. The van der Waals surface area contributed by atoms with Crippen molar-refractivity contribution in [1.82, 2.24) is 0 Å². The number of fused-ring (bicyclic) bond motifs is 1. The summed E-state index contributed by atoms with van der Waals surface area (Å²) in [6.45, 7) is 0. The highest BCUT2D eigenvalue weighted by Crippen LogP contribution is 2.47. The lowest BCUT2D eigenvalue weighted by atomic mass is 9.73. The maximum atomic E-state index is 12.2. The summed E-state index contributed by atoms with van der Waals surface area (Å²) in [6.07, 6.45) is 2.64. The van der Waals surface area contributed by atoms with Gasteiger partial charge in [0.1, 0.15) is 5.78 Å². The fourth-order valence-corrected chi connectivity index (χ4v) is 3.29. The summed E-state index contributed by atoms with van der Waals surface area (Å²) in [7, 11) is 0. The van der Waals surface area contributed by atoms with E-state index in [0.717, 1.165) is 12.8 Å². The van der Waals surface area contributed by atoms with E-state index in [1.54, 1.807) is 18.2 Å². The standard InChI is InChI=1S/C14H14ClNO3/c15-10-6-3-5-9-12(10)16-13(18)14(9,19)8-4-1-2-7-11(8)17/h3,5-6,8,19H,1-2,4,7H2,(H,16,18)/t8-,14-/m0/s1. The number of amides is 1. The zero-order chi connectivity index (χ0) is 13.6. The van der Waals surface area contributed by atoms with Crippen LogP contribution in [0.5, 0.6) is 0 Å². The van der Waals surface area contributed by atoms with Crippen LogP contribution in [0, 0.1) is 5.92 Å². The van der Waals surface area contributed by atoms with Gasteiger partial charge in [-0.25, -0.2) is 0 Å². The van der Waals surface area contributed by atoms with Crippen LogP contribution in [-0.4, -0.2) is 16.8 Å². The number of para-hydroxylation sites is 1. The third-order valence-electron chi connectivity index (χ3n) is 4.07. The molecule has 2 aliphatic rings. The number of rotatable bonds is 1. The van der Waals surface area contributed by atoms with Crippen LogP contribution < -0.4 is 5.32 Å². The first-order valence-electron chi connectivity index (χ1n) is 6.40. The van der Waals surface area contributed by atoms with Gasteiger partial charge in [0.05, 0.1) is 16.6 Å². The second kappa shape index (κ2) is 4.32. The first-order chi connectivity index (χ1) is 9.05. The van der Waals surface area contributed by atoms with Gasteiger partial charge in [0, 0.05) is 12.0 Å². The molecule has 1 saturated carbocycles. The second-order valence-corrected chi connectivity index (χ2v) is 5.55. The van der Waals surface area contributed by atoms with Gasteiger partial charge in [-0.2, -0.15) is 0 Å². The highest BCUT2D eigenvalue weighted by Gasteiger charge is 2.54. The Hall–Kier alpha value is -1.39. The maximum Gasteiger partial charge on any atom is 0.261 e. The molecule has 100 valence electrons. The van der Waals surface area contributed by atoms with Crippen molar-refractivity contribution in [3.63, 3.8) is 0 Å². The van der Waals surface area contributed by atoms with Crippen molar-refractivity contribution in [2.24, 2.45) is 5.92 Å². The van der Waals surface area contributed by atoms with E-state index in [1.807, 2.05) is 0 Å². The minimum absolute atomic E-state index is 0.0447. The molecule has 5 heteroatoms. The molecule has 3 rings (SSSR count). The molecule has 2 atom stereocenters. The largest absolute Gasteiger partial charge is 0.375 e. The predicted molar refractivity (Wildman–Crippen MR) is 70.9 cm³/mol. The van der Waals surface area contributed by atoms with Gasteiger partial charge in [0.25, 0.3) is 5.91 Å². The lowest BCUT2D eigenvalue weighted by Gasteiger charge is -2.32. The lowest BCUT2D eigenvalue weighted by molar-refractivity contribution is -0.150. The Morgan fingerprint density at radius 3 is 2.84 bits per heavy atom. The molecule has 0 unspecified atom stereocenters. The highest BCUT2D eigenvalue weighted by atomic mass is 35.5. The fourth-order valence-electron chi connectivity index (χ4n) is 3.07. The molecule has 0 spiro atoms. The number of nitrogens with one attached hydrogen (secondary N) is 1. The Balaban J connectivity index is 2.12. The zero-order valence-electron chi connectivity index (χ0n) is 10.3. The smallest absolute Gasteiger partial charge is 0.261 e. The number of carbonyl (C=O) groups is 2. The highest BCUT2D eigenvalue weighted by molar-refractivity contribution is 6.34. The quantitative estimate of drug-likeness (QED) is 0.828. The molecule has 1 aromatic rings. The molecule has 0 radical (unpaired) electrons. The molecule has 2 N–H and O–H groups in total. The van der Waals surface area contributed by atoms with Crippen molar-refractivity contribution >= 4 is 29.0 Å². The van der Waals surface area contributed by atoms with E-state index in [2.05, 4.69) is 5.32 Å². The summed E-state index contributed by atoms with van der Waals surface area (Å²) in [5.74, 6) is -1.26. The summed E-state index contributed by atoms with van der Waals surface area (Å²) in [5, 5.41) is 13.8. The first-order valence-corrected chi connectivity index (χ1v) is 6.78. The molecule has 1 aromatic carbocycles.